The number of nitriles is 1. The fourth-order valence-corrected chi connectivity index (χ4v) is 2.15. The topological polar surface area (TPSA) is 64.9 Å². The molecule has 0 saturated carbocycles. The number of halogens is 6. The monoisotopic (exact) mass is 401 g/mol. The lowest BCUT2D eigenvalue weighted by Crippen LogP contribution is -2.15. The van der Waals surface area contributed by atoms with E-state index in [1.165, 1.54) is 6.07 Å². The number of hydrogen-bond acceptors (Lipinski definition) is 3. The van der Waals surface area contributed by atoms with E-state index in [0.29, 0.717) is 6.07 Å². The molecule has 0 fully saturated rings. The Morgan fingerprint density at radius 3 is 2.48 bits per heavy atom. The van der Waals surface area contributed by atoms with Gasteiger partial charge in [-0.1, -0.05) is 11.6 Å². The molecule has 0 bridgehead atoms. The molecule has 27 heavy (non-hydrogen) atoms. The first-order valence-corrected chi connectivity index (χ1v) is 7.49. The number of carbonyl (C=O) groups excluding carboxylic acids is 1. The normalized spacial score (nSPS) is 11.7. The zero-order valence-electron chi connectivity index (χ0n) is 13.2. The van der Waals surface area contributed by atoms with E-state index in [9.17, 15) is 26.7 Å². The molecule has 140 valence electrons. The number of carbonyl (C=O) groups is 1. The summed E-state index contributed by atoms with van der Waals surface area (Å²) in [4.78, 5) is 12.0. The van der Waals surface area contributed by atoms with Crippen molar-refractivity contribution in [1.82, 2.24) is 0 Å². The van der Waals surface area contributed by atoms with Gasteiger partial charge in [0.15, 0.2) is 0 Å². The number of amides is 1. The highest BCUT2D eigenvalue weighted by molar-refractivity contribution is 6.31. The van der Waals surface area contributed by atoms with Gasteiger partial charge < -0.3 is 10.6 Å². The van der Waals surface area contributed by atoms with Crippen LogP contribution in [0.15, 0.2) is 48.2 Å². The van der Waals surface area contributed by atoms with Crippen LogP contribution in [0.1, 0.15) is 5.56 Å². The van der Waals surface area contributed by atoms with Crippen LogP contribution in [-0.2, 0) is 11.0 Å². The second kappa shape index (κ2) is 8.05. The van der Waals surface area contributed by atoms with Crippen LogP contribution in [0.25, 0.3) is 0 Å². The van der Waals surface area contributed by atoms with E-state index in [0.717, 1.165) is 36.5 Å². The van der Waals surface area contributed by atoms with Crippen molar-refractivity contribution in [2.75, 3.05) is 10.6 Å². The second-order valence-electron chi connectivity index (χ2n) is 5.08. The van der Waals surface area contributed by atoms with E-state index in [2.05, 4.69) is 10.6 Å². The summed E-state index contributed by atoms with van der Waals surface area (Å²) in [6.07, 6.45) is -3.93. The van der Waals surface area contributed by atoms with Crippen LogP contribution in [0, 0.1) is 23.0 Å². The fourth-order valence-electron chi connectivity index (χ4n) is 1.93. The van der Waals surface area contributed by atoms with Gasteiger partial charge in [-0.25, -0.2) is 8.78 Å². The lowest BCUT2D eigenvalue weighted by Gasteiger charge is -2.11. The van der Waals surface area contributed by atoms with Crippen molar-refractivity contribution >= 4 is 28.9 Å². The molecule has 0 saturated heterocycles. The van der Waals surface area contributed by atoms with Gasteiger partial charge in [0.1, 0.15) is 23.3 Å². The minimum absolute atomic E-state index is 0.255. The van der Waals surface area contributed by atoms with Crippen molar-refractivity contribution in [3.05, 3.63) is 70.4 Å². The van der Waals surface area contributed by atoms with E-state index >= 15 is 0 Å². The lowest BCUT2D eigenvalue weighted by molar-refractivity contribution is -0.137. The van der Waals surface area contributed by atoms with Gasteiger partial charge in [0.25, 0.3) is 5.91 Å². The number of benzene rings is 2. The minimum atomic E-state index is -4.73. The summed E-state index contributed by atoms with van der Waals surface area (Å²) in [6.45, 7) is 0. The smallest absolute Gasteiger partial charge is 0.358 e. The number of nitrogens with one attached hydrogen (secondary N) is 2. The zero-order chi connectivity index (χ0) is 20.2. The Balaban J connectivity index is 2.20. The summed E-state index contributed by atoms with van der Waals surface area (Å²) in [5.74, 6) is -2.65. The average Bonchev–Trinajstić information content (AvgIpc) is 2.59. The van der Waals surface area contributed by atoms with Gasteiger partial charge in [-0.2, -0.15) is 18.4 Å². The Morgan fingerprint density at radius 1 is 1.15 bits per heavy atom. The largest absolute Gasteiger partial charge is 0.417 e. The molecule has 0 atom stereocenters. The SMILES string of the molecule is N#C/C(=C/Nc1cc(F)ccc1F)C(=O)Nc1ccc(Cl)c(C(F)(F)F)c1. The molecule has 0 aromatic heterocycles. The third-order valence-electron chi connectivity index (χ3n) is 3.20. The number of nitrogens with zero attached hydrogens (tertiary/aromatic N) is 1. The highest BCUT2D eigenvalue weighted by atomic mass is 35.5. The molecule has 2 aromatic rings. The minimum Gasteiger partial charge on any atom is -0.358 e. The first-order chi connectivity index (χ1) is 12.6. The highest BCUT2D eigenvalue weighted by Crippen LogP contribution is 2.36. The van der Waals surface area contributed by atoms with E-state index in [1.54, 1.807) is 0 Å². The maximum Gasteiger partial charge on any atom is 0.417 e. The molecular formula is C17H9ClF5N3O. The van der Waals surface area contributed by atoms with Crippen LogP contribution < -0.4 is 10.6 Å². The first kappa shape index (κ1) is 20.2. The van der Waals surface area contributed by atoms with Gasteiger partial charge in [-0.15, -0.1) is 0 Å². The number of hydrogen-bond donors (Lipinski definition) is 2. The van der Waals surface area contributed by atoms with Crippen molar-refractivity contribution in [1.29, 1.82) is 5.26 Å². The Labute approximate surface area is 154 Å². The molecule has 0 aliphatic heterocycles. The molecule has 2 N–H and O–H groups in total. The van der Waals surface area contributed by atoms with E-state index < -0.39 is 39.9 Å². The van der Waals surface area contributed by atoms with Crippen LogP contribution in [0.5, 0.6) is 0 Å². The van der Waals surface area contributed by atoms with Gasteiger partial charge >= 0.3 is 6.18 Å². The Hall–Kier alpha value is -3.12. The Bertz CT molecular complexity index is 951. The molecule has 0 unspecified atom stereocenters. The predicted molar refractivity (Wildman–Crippen MR) is 88.8 cm³/mol. The van der Waals surface area contributed by atoms with Crippen molar-refractivity contribution in [3.8, 4) is 6.07 Å². The van der Waals surface area contributed by atoms with E-state index in [-0.39, 0.29) is 11.4 Å². The van der Waals surface area contributed by atoms with Crippen LogP contribution in [0.2, 0.25) is 5.02 Å². The van der Waals surface area contributed by atoms with Gasteiger partial charge in [0.2, 0.25) is 0 Å². The highest BCUT2D eigenvalue weighted by Gasteiger charge is 2.33. The zero-order valence-corrected chi connectivity index (χ0v) is 13.9. The molecule has 10 heteroatoms. The maximum atomic E-state index is 13.5. The Morgan fingerprint density at radius 2 is 1.85 bits per heavy atom. The molecule has 0 spiro atoms. The average molecular weight is 402 g/mol. The number of rotatable bonds is 4. The third kappa shape index (κ3) is 5.18. The number of alkyl halides is 3. The standard InChI is InChI=1S/C17H9ClF5N3O/c18-13-3-2-11(6-12(13)17(21,22)23)26-16(27)9(7-24)8-25-15-5-10(19)1-4-14(15)20/h1-6,8,25H,(H,26,27)/b9-8-. The molecule has 0 radical (unpaired) electrons. The molecule has 0 aliphatic rings. The van der Waals surface area contributed by atoms with E-state index in [1.807, 2.05) is 0 Å². The van der Waals surface area contributed by atoms with Crippen molar-refractivity contribution < 1.29 is 26.7 Å². The summed E-state index contributed by atoms with van der Waals surface area (Å²) in [5, 5.41) is 12.8. The molecule has 4 nitrogen and oxygen atoms in total. The molecule has 2 rings (SSSR count). The molecule has 0 aliphatic carbocycles. The van der Waals surface area contributed by atoms with Gasteiger partial charge in [0, 0.05) is 18.0 Å². The lowest BCUT2D eigenvalue weighted by atomic mass is 10.2. The van der Waals surface area contributed by atoms with Crippen molar-refractivity contribution in [2.24, 2.45) is 0 Å². The molecule has 1 amide bonds. The fraction of sp³-hybridized carbons (Fsp3) is 0.0588. The van der Waals surface area contributed by atoms with Crippen LogP contribution in [-0.4, -0.2) is 5.91 Å². The van der Waals surface area contributed by atoms with Gasteiger partial charge in [0.05, 0.1) is 16.3 Å². The van der Waals surface area contributed by atoms with Crippen LogP contribution in [0.4, 0.5) is 33.3 Å². The maximum absolute atomic E-state index is 13.5. The van der Waals surface area contributed by atoms with Crippen molar-refractivity contribution in [3.63, 3.8) is 0 Å². The summed E-state index contributed by atoms with van der Waals surface area (Å²) >= 11 is 5.48. The van der Waals surface area contributed by atoms with Gasteiger partial charge in [-0.05, 0) is 30.3 Å². The third-order valence-corrected chi connectivity index (χ3v) is 3.52. The first-order valence-electron chi connectivity index (χ1n) is 7.12. The quantitative estimate of drug-likeness (QED) is 0.426. The second-order valence-corrected chi connectivity index (χ2v) is 5.49. The van der Waals surface area contributed by atoms with E-state index in [4.69, 9.17) is 16.9 Å². The molecule has 2 aromatic carbocycles. The molecule has 0 heterocycles. The predicted octanol–water partition coefficient (Wildman–Crippen LogP) is 5.10. The van der Waals surface area contributed by atoms with Crippen LogP contribution in [0.3, 0.4) is 0 Å². The summed E-state index contributed by atoms with van der Waals surface area (Å²) < 4.78 is 65.1. The summed E-state index contributed by atoms with van der Waals surface area (Å²) in [7, 11) is 0. The van der Waals surface area contributed by atoms with Crippen LogP contribution >= 0.6 is 11.6 Å². The van der Waals surface area contributed by atoms with Gasteiger partial charge in [-0.3, -0.25) is 4.79 Å². The number of anilines is 2. The summed E-state index contributed by atoms with van der Waals surface area (Å²) in [6, 6.07) is 6.68. The van der Waals surface area contributed by atoms with Crippen molar-refractivity contribution in [2.45, 2.75) is 6.18 Å². The molecular weight excluding hydrogens is 393 g/mol. The summed E-state index contributed by atoms with van der Waals surface area (Å²) in [5.41, 5.74) is -2.33. The Kier molecular flexibility index (Phi) is 6.02.